The predicted octanol–water partition coefficient (Wildman–Crippen LogP) is 4.55. The minimum atomic E-state index is 0.635. The van der Waals surface area contributed by atoms with Gasteiger partial charge in [-0.1, -0.05) is 37.1 Å². The molecule has 1 heterocycles. The topological polar surface area (TPSA) is 12.0 Å². The first-order valence-electron chi connectivity index (χ1n) is 8.26. The Morgan fingerprint density at radius 3 is 2.37 bits per heavy atom. The van der Waals surface area contributed by atoms with Gasteiger partial charge in [0, 0.05) is 12.1 Å². The normalized spacial score (nSPS) is 34.8. The van der Waals surface area contributed by atoms with Crippen LogP contribution >= 0.6 is 0 Å². The number of rotatable bonds is 2. The number of nitrogens with one attached hydrogen (secondary N) is 1. The van der Waals surface area contributed by atoms with Crippen molar-refractivity contribution in [2.45, 2.75) is 69.4 Å². The van der Waals surface area contributed by atoms with E-state index in [9.17, 15) is 0 Å². The van der Waals surface area contributed by atoms with Crippen LogP contribution in [0.1, 0.15) is 74.5 Å². The highest BCUT2D eigenvalue weighted by atomic mass is 15.0. The monoisotopic (exact) mass is 255 g/mol. The van der Waals surface area contributed by atoms with Crippen molar-refractivity contribution < 1.29 is 0 Å². The van der Waals surface area contributed by atoms with Crippen LogP contribution in [0.4, 0.5) is 0 Å². The first-order valence-corrected chi connectivity index (χ1v) is 8.26. The van der Waals surface area contributed by atoms with E-state index in [4.69, 9.17) is 0 Å². The third-order valence-electron chi connectivity index (χ3n) is 5.82. The summed E-state index contributed by atoms with van der Waals surface area (Å²) in [6.45, 7) is 0. The molecular formula is C18H25N. The van der Waals surface area contributed by atoms with E-state index in [1.807, 2.05) is 0 Å². The fourth-order valence-electron chi connectivity index (χ4n) is 4.49. The van der Waals surface area contributed by atoms with Gasteiger partial charge in [0.2, 0.25) is 0 Å². The molecule has 19 heavy (non-hydrogen) atoms. The smallest absolute Gasteiger partial charge is 0.0325 e. The van der Waals surface area contributed by atoms with Gasteiger partial charge in [0.1, 0.15) is 0 Å². The minimum Gasteiger partial charge on any atom is -0.307 e. The summed E-state index contributed by atoms with van der Waals surface area (Å²) in [6, 6.07) is 10.7. The van der Waals surface area contributed by atoms with Gasteiger partial charge in [0.25, 0.3) is 0 Å². The molecule has 1 heteroatoms. The fourth-order valence-corrected chi connectivity index (χ4v) is 4.49. The van der Waals surface area contributed by atoms with Crippen LogP contribution in [-0.2, 0) is 0 Å². The quantitative estimate of drug-likeness (QED) is 0.817. The maximum absolute atomic E-state index is 3.98. The molecule has 0 bridgehead atoms. The Balaban J connectivity index is 1.58. The molecule has 2 aliphatic carbocycles. The summed E-state index contributed by atoms with van der Waals surface area (Å²) in [5.74, 6) is 1.84. The number of piperidine rings is 1. The Morgan fingerprint density at radius 2 is 1.58 bits per heavy atom. The van der Waals surface area contributed by atoms with Crippen LogP contribution in [0.5, 0.6) is 0 Å². The zero-order chi connectivity index (χ0) is 12.7. The van der Waals surface area contributed by atoms with E-state index in [0.29, 0.717) is 6.04 Å². The summed E-state index contributed by atoms with van der Waals surface area (Å²) in [6.07, 6.45) is 11.4. The lowest BCUT2D eigenvalue weighted by Crippen LogP contribution is -2.40. The summed E-state index contributed by atoms with van der Waals surface area (Å²) in [7, 11) is 0. The lowest BCUT2D eigenvalue weighted by Gasteiger charge is -2.37. The summed E-state index contributed by atoms with van der Waals surface area (Å²) in [5.41, 5.74) is 3.28. The van der Waals surface area contributed by atoms with Crippen molar-refractivity contribution in [2.75, 3.05) is 0 Å². The molecule has 3 unspecified atom stereocenters. The highest BCUT2D eigenvalue weighted by Crippen LogP contribution is 2.43. The molecule has 3 fully saturated rings. The molecule has 1 aliphatic heterocycles. The lowest BCUT2D eigenvalue weighted by molar-refractivity contribution is 0.258. The van der Waals surface area contributed by atoms with E-state index in [2.05, 4.69) is 29.6 Å². The standard InChI is InChI=1S/C18H25N/c1-2-9-16(15(8-1)13-5-3-6-13)18-12-11-14-7-4-10-17(14)19-18/h1-2,8-9,13-14,17-19H,3-7,10-12H2. The van der Waals surface area contributed by atoms with Crippen molar-refractivity contribution in [1.82, 2.24) is 5.32 Å². The zero-order valence-electron chi connectivity index (χ0n) is 11.8. The van der Waals surface area contributed by atoms with Crippen molar-refractivity contribution in [3.8, 4) is 0 Å². The molecule has 2 saturated carbocycles. The molecule has 1 aromatic carbocycles. The Morgan fingerprint density at radius 1 is 0.789 bits per heavy atom. The van der Waals surface area contributed by atoms with Gasteiger partial charge >= 0.3 is 0 Å². The van der Waals surface area contributed by atoms with Crippen molar-refractivity contribution in [3.05, 3.63) is 35.4 Å². The molecule has 0 amide bonds. The van der Waals surface area contributed by atoms with Gasteiger partial charge in [-0.05, 0) is 61.5 Å². The Bertz CT molecular complexity index is 449. The molecule has 1 nitrogen and oxygen atoms in total. The van der Waals surface area contributed by atoms with E-state index < -0.39 is 0 Å². The Hall–Kier alpha value is -0.820. The highest BCUT2D eigenvalue weighted by molar-refractivity contribution is 5.34. The van der Waals surface area contributed by atoms with Gasteiger partial charge in [-0.15, -0.1) is 0 Å². The van der Waals surface area contributed by atoms with E-state index in [1.165, 1.54) is 51.4 Å². The maximum atomic E-state index is 3.98. The maximum Gasteiger partial charge on any atom is 0.0325 e. The number of hydrogen-bond acceptors (Lipinski definition) is 1. The molecule has 1 N–H and O–H groups in total. The summed E-state index contributed by atoms with van der Waals surface area (Å²) in [4.78, 5) is 0. The molecule has 102 valence electrons. The van der Waals surface area contributed by atoms with Crippen LogP contribution in [0.25, 0.3) is 0 Å². The molecule has 3 atom stereocenters. The molecule has 0 radical (unpaired) electrons. The van der Waals surface area contributed by atoms with Crippen LogP contribution in [0, 0.1) is 5.92 Å². The number of benzene rings is 1. The number of fused-ring (bicyclic) bond motifs is 1. The Kier molecular flexibility index (Phi) is 3.11. The molecule has 1 saturated heterocycles. The molecule has 3 aliphatic rings. The molecule has 1 aromatic rings. The van der Waals surface area contributed by atoms with Gasteiger partial charge in [0.05, 0.1) is 0 Å². The summed E-state index contributed by atoms with van der Waals surface area (Å²) < 4.78 is 0. The van der Waals surface area contributed by atoms with E-state index in [0.717, 1.165) is 17.9 Å². The molecular weight excluding hydrogens is 230 g/mol. The lowest BCUT2D eigenvalue weighted by atomic mass is 9.75. The predicted molar refractivity (Wildman–Crippen MR) is 79.3 cm³/mol. The van der Waals surface area contributed by atoms with Gasteiger partial charge in [-0.2, -0.15) is 0 Å². The fraction of sp³-hybridized carbons (Fsp3) is 0.667. The SMILES string of the molecule is c1ccc(C2CCC3CCCC3N2)c(C2CCC2)c1. The van der Waals surface area contributed by atoms with Gasteiger partial charge in [-0.3, -0.25) is 0 Å². The van der Waals surface area contributed by atoms with Crippen molar-refractivity contribution in [3.63, 3.8) is 0 Å². The third kappa shape index (κ3) is 2.12. The Labute approximate surface area is 116 Å². The average Bonchev–Trinajstić information content (AvgIpc) is 2.84. The van der Waals surface area contributed by atoms with Crippen LogP contribution in [0.15, 0.2) is 24.3 Å². The molecule has 0 aromatic heterocycles. The first-order chi connectivity index (χ1) is 9.42. The molecule has 0 spiro atoms. The first kappa shape index (κ1) is 12.0. The second kappa shape index (κ2) is 4.94. The molecule has 4 rings (SSSR count). The van der Waals surface area contributed by atoms with Crippen LogP contribution in [-0.4, -0.2) is 6.04 Å². The van der Waals surface area contributed by atoms with E-state index >= 15 is 0 Å². The second-order valence-corrected chi connectivity index (χ2v) is 6.85. The minimum absolute atomic E-state index is 0.635. The summed E-state index contributed by atoms with van der Waals surface area (Å²) >= 11 is 0. The van der Waals surface area contributed by atoms with Crippen LogP contribution < -0.4 is 5.32 Å². The van der Waals surface area contributed by atoms with Crippen molar-refractivity contribution in [1.29, 1.82) is 0 Å². The van der Waals surface area contributed by atoms with Gasteiger partial charge in [-0.25, -0.2) is 0 Å². The summed E-state index contributed by atoms with van der Waals surface area (Å²) in [5, 5.41) is 3.98. The van der Waals surface area contributed by atoms with Gasteiger partial charge in [0.15, 0.2) is 0 Å². The largest absolute Gasteiger partial charge is 0.307 e. The van der Waals surface area contributed by atoms with Crippen LogP contribution in [0.3, 0.4) is 0 Å². The van der Waals surface area contributed by atoms with Crippen LogP contribution in [0.2, 0.25) is 0 Å². The van der Waals surface area contributed by atoms with E-state index in [1.54, 1.807) is 11.1 Å². The number of hydrogen-bond donors (Lipinski definition) is 1. The average molecular weight is 255 g/mol. The third-order valence-corrected chi connectivity index (χ3v) is 5.82. The van der Waals surface area contributed by atoms with Crippen molar-refractivity contribution >= 4 is 0 Å². The highest BCUT2D eigenvalue weighted by Gasteiger charge is 2.35. The van der Waals surface area contributed by atoms with E-state index in [-0.39, 0.29) is 0 Å². The van der Waals surface area contributed by atoms with Gasteiger partial charge < -0.3 is 5.32 Å². The second-order valence-electron chi connectivity index (χ2n) is 6.85. The zero-order valence-corrected chi connectivity index (χ0v) is 11.8. The van der Waals surface area contributed by atoms with Crippen molar-refractivity contribution in [2.24, 2.45) is 5.92 Å².